The molecule has 5 nitrogen and oxygen atoms in total. The molecular weight excluding hydrogens is 185 g/mol. The molecule has 0 aromatic carbocycles. The van der Waals surface area contributed by atoms with E-state index in [2.05, 4.69) is 0 Å². The van der Waals surface area contributed by atoms with Gasteiger partial charge in [-0.15, -0.1) is 0 Å². The summed E-state index contributed by atoms with van der Waals surface area (Å²) in [6.45, 7) is 1.96. The molecule has 0 amide bonds. The Labute approximate surface area is 82.8 Å². The average Bonchev–Trinajstić information content (AvgIpc) is 2.00. The monoisotopic (exact) mass is 197 g/mol. The Morgan fingerprint density at radius 2 is 1.79 bits per heavy atom. The van der Waals surface area contributed by atoms with Crippen LogP contribution in [0, 0.1) is 0 Å². The molecule has 1 rings (SSSR count). The van der Waals surface area contributed by atoms with Gasteiger partial charge in [0.25, 0.3) is 0 Å². The minimum atomic E-state index is -0.881. The predicted octanol–water partition coefficient (Wildman–Crippen LogP) is -0.378. The zero-order valence-electron chi connectivity index (χ0n) is 8.23. The molecule has 1 saturated heterocycles. The summed E-state index contributed by atoms with van der Waals surface area (Å²) in [6, 6.07) is 0. The molecule has 1 heterocycles. The van der Waals surface area contributed by atoms with Crippen molar-refractivity contribution in [2.45, 2.75) is 6.92 Å². The molecule has 0 saturated carbocycles. The van der Waals surface area contributed by atoms with Crippen LogP contribution >= 0.6 is 0 Å². The van der Waals surface area contributed by atoms with Crippen LogP contribution in [0.3, 0.4) is 0 Å². The number of nitrogens with zero attached hydrogens (tertiary/aromatic N) is 1. The van der Waals surface area contributed by atoms with Crippen LogP contribution in [0.1, 0.15) is 6.92 Å². The molecule has 0 bridgehead atoms. The molecule has 0 unspecified atom stereocenters. The first-order chi connectivity index (χ1) is 6.61. The van der Waals surface area contributed by atoms with E-state index in [1.165, 1.54) is 10.9 Å². The van der Waals surface area contributed by atoms with Crippen molar-refractivity contribution >= 4 is 19.1 Å². The van der Waals surface area contributed by atoms with Gasteiger partial charge in [0.15, 0.2) is 0 Å². The van der Waals surface area contributed by atoms with Crippen molar-refractivity contribution in [2.75, 3.05) is 20.1 Å². The number of rotatable bonds is 1. The Balaban J connectivity index is 2.65. The van der Waals surface area contributed by atoms with E-state index in [-0.39, 0.29) is 13.1 Å². The van der Waals surface area contributed by atoms with Gasteiger partial charge >= 0.3 is 19.1 Å². The highest BCUT2D eigenvalue weighted by atomic mass is 16.6. The Bertz CT molecular complexity index is 246. The van der Waals surface area contributed by atoms with Crippen molar-refractivity contribution in [3.8, 4) is 0 Å². The summed E-state index contributed by atoms with van der Waals surface area (Å²) in [7, 11) is 0.770. The number of carbonyl (C=O) groups excluding carboxylic acids is 2. The third kappa shape index (κ3) is 3.22. The van der Waals surface area contributed by atoms with Crippen molar-refractivity contribution in [3.05, 3.63) is 12.1 Å². The van der Waals surface area contributed by atoms with E-state index < -0.39 is 19.1 Å². The predicted molar refractivity (Wildman–Crippen MR) is 50.2 cm³/mol. The van der Waals surface area contributed by atoms with Crippen LogP contribution in [0.5, 0.6) is 0 Å². The third-order valence-corrected chi connectivity index (χ3v) is 1.64. The van der Waals surface area contributed by atoms with E-state index in [4.69, 9.17) is 9.31 Å². The first-order valence-electron chi connectivity index (χ1n) is 4.32. The highest BCUT2D eigenvalue weighted by Crippen LogP contribution is 2.00. The van der Waals surface area contributed by atoms with Gasteiger partial charge in [0.2, 0.25) is 0 Å². The molecule has 1 aliphatic heterocycles. The first-order valence-corrected chi connectivity index (χ1v) is 4.32. The van der Waals surface area contributed by atoms with E-state index in [0.29, 0.717) is 0 Å². The zero-order valence-corrected chi connectivity index (χ0v) is 8.23. The lowest BCUT2D eigenvalue weighted by molar-refractivity contribution is -0.145. The maximum atomic E-state index is 11.1. The van der Waals surface area contributed by atoms with E-state index in [9.17, 15) is 9.59 Å². The van der Waals surface area contributed by atoms with Crippen LogP contribution in [0.15, 0.2) is 12.1 Å². The van der Waals surface area contributed by atoms with Gasteiger partial charge in [-0.1, -0.05) is 6.08 Å². The smallest absolute Gasteiger partial charge is 0.495 e. The van der Waals surface area contributed by atoms with Gasteiger partial charge in [-0.2, -0.15) is 0 Å². The normalized spacial score (nSPS) is 20.3. The van der Waals surface area contributed by atoms with Gasteiger partial charge < -0.3 is 9.31 Å². The molecule has 1 fully saturated rings. The number of hydrogen-bond donors (Lipinski definition) is 0. The van der Waals surface area contributed by atoms with Crippen LogP contribution in [0.25, 0.3) is 0 Å². The van der Waals surface area contributed by atoms with E-state index in [1.54, 1.807) is 20.0 Å². The summed E-state index contributed by atoms with van der Waals surface area (Å²) >= 11 is 0. The lowest BCUT2D eigenvalue weighted by Gasteiger charge is -2.20. The Morgan fingerprint density at radius 3 is 2.21 bits per heavy atom. The van der Waals surface area contributed by atoms with Crippen molar-refractivity contribution < 1.29 is 18.9 Å². The maximum absolute atomic E-state index is 11.1. The number of carbonyl (C=O) groups is 2. The van der Waals surface area contributed by atoms with Gasteiger partial charge in [0.05, 0.1) is 13.1 Å². The van der Waals surface area contributed by atoms with Crippen LogP contribution in [0.2, 0.25) is 0 Å². The molecule has 0 aromatic heterocycles. The molecule has 6 heteroatoms. The van der Waals surface area contributed by atoms with Crippen molar-refractivity contribution in [2.24, 2.45) is 0 Å². The topological polar surface area (TPSA) is 55.8 Å². The molecule has 0 aliphatic carbocycles. The van der Waals surface area contributed by atoms with Gasteiger partial charge in [-0.3, -0.25) is 14.5 Å². The van der Waals surface area contributed by atoms with E-state index in [1.807, 2.05) is 0 Å². The van der Waals surface area contributed by atoms with Crippen LogP contribution in [0.4, 0.5) is 0 Å². The standard InChI is InChI=1S/C8H12BNO4/c1-3-4-9-13-7(11)5-10(2)6-8(12)14-9/h3-4H,5-6H2,1-2H3/b4-3+. The molecule has 14 heavy (non-hydrogen) atoms. The quantitative estimate of drug-likeness (QED) is 0.536. The number of allylic oxidation sites excluding steroid dienone is 1. The van der Waals surface area contributed by atoms with E-state index in [0.717, 1.165) is 0 Å². The van der Waals surface area contributed by atoms with Crippen LogP contribution in [-0.2, 0) is 18.9 Å². The van der Waals surface area contributed by atoms with Crippen molar-refractivity contribution in [1.29, 1.82) is 0 Å². The number of hydrogen-bond acceptors (Lipinski definition) is 5. The molecule has 0 aromatic rings. The first kappa shape index (κ1) is 10.8. The fourth-order valence-corrected chi connectivity index (χ4v) is 1.09. The molecule has 1 aliphatic rings. The highest BCUT2D eigenvalue weighted by molar-refractivity contribution is 6.54. The third-order valence-electron chi connectivity index (χ3n) is 1.64. The van der Waals surface area contributed by atoms with Gasteiger partial charge in [-0.25, -0.2) is 0 Å². The Morgan fingerprint density at radius 1 is 1.29 bits per heavy atom. The second-order valence-electron chi connectivity index (χ2n) is 3.05. The largest absolute Gasteiger partial charge is 0.628 e. The summed E-state index contributed by atoms with van der Waals surface area (Å²) in [5.74, 6) is 0.715. The fourth-order valence-electron chi connectivity index (χ4n) is 1.09. The molecule has 0 atom stereocenters. The lowest BCUT2D eigenvalue weighted by atomic mass is 9.89. The number of likely N-dealkylation sites (N-methyl/N-ethyl adjacent to an activating group) is 1. The van der Waals surface area contributed by atoms with Crippen molar-refractivity contribution in [1.82, 2.24) is 4.90 Å². The Hall–Kier alpha value is -1.30. The molecule has 0 radical (unpaired) electrons. The summed E-state index contributed by atoms with van der Waals surface area (Å²) in [5.41, 5.74) is 0. The lowest BCUT2D eigenvalue weighted by Crippen LogP contribution is -2.41. The molecule has 0 N–H and O–H groups in total. The second-order valence-corrected chi connectivity index (χ2v) is 3.05. The molecule has 0 spiro atoms. The minimum Gasteiger partial charge on any atom is -0.495 e. The van der Waals surface area contributed by atoms with Gasteiger partial charge in [0, 0.05) is 0 Å². The fraction of sp³-hybridized carbons (Fsp3) is 0.500. The van der Waals surface area contributed by atoms with Gasteiger partial charge in [0.1, 0.15) is 0 Å². The second kappa shape index (κ2) is 4.81. The summed E-state index contributed by atoms with van der Waals surface area (Å²) in [4.78, 5) is 23.8. The zero-order chi connectivity index (χ0) is 10.6. The van der Waals surface area contributed by atoms with E-state index >= 15 is 0 Å². The maximum Gasteiger partial charge on any atom is 0.628 e. The van der Waals surface area contributed by atoms with Crippen molar-refractivity contribution in [3.63, 3.8) is 0 Å². The minimum absolute atomic E-state index is 0.100. The average molecular weight is 197 g/mol. The summed E-state index contributed by atoms with van der Waals surface area (Å²) in [5, 5.41) is 0. The highest BCUT2D eigenvalue weighted by Gasteiger charge is 2.28. The molecule has 76 valence electrons. The summed E-state index contributed by atoms with van der Waals surface area (Å²) in [6.07, 6.45) is 1.66. The van der Waals surface area contributed by atoms with Crippen LogP contribution in [-0.4, -0.2) is 44.1 Å². The van der Waals surface area contributed by atoms with Crippen LogP contribution < -0.4 is 0 Å². The SMILES string of the molecule is C/C=C/B1OC(=O)CN(C)CC(=O)O1. The Kier molecular flexibility index (Phi) is 3.70. The van der Waals surface area contributed by atoms with Gasteiger partial charge in [-0.05, 0) is 19.9 Å². The summed E-state index contributed by atoms with van der Waals surface area (Å²) < 4.78 is 9.72. The molecular formula is C8H12BNO4.